The van der Waals surface area contributed by atoms with Gasteiger partial charge in [0.15, 0.2) is 5.65 Å². The number of halogens is 3. The molecule has 71 heavy (non-hydrogen) atoms. The molecule has 0 fully saturated rings. The average Bonchev–Trinajstić information content (AvgIpc) is 4.01. The Bertz CT molecular complexity index is 3400. The van der Waals surface area contributed by atoms with E-state index >= 15 is 0 Å². The molecule has 0 atom stereocenters. The van der Waals surface area contributed by atoms with Gasteiger partial charge in [0.05, 0.1) is 44.4 Å². The number of anilines is 4. The van der Waals surface area contributed by atoms with Gasteiger partial charge in [0.2, 0.25) is 5.65 Å². The Balaban J connectivity index is 0.000000174. The molecule has 0 aliphatic heterocycles. The molecule has 0 spiro atoms. The van der Waals surface area contributed by atoms with Gasteiger partial charge in [0.25, 0.3) is 20.0 Å². The summed E-state index contributed by atoms with van der Waals surface area (Å²) in [5.41, 5.74) is 7.22. The zero-order valence-electron chi connectivity index (χ0n) is 40.1. The number of benzene rings is 4. The Kier molecular flexibility index (Phi) is 17.7. The summed E-state index contributed by atoms with van der Waals surface area (Å²) < 4.78 is 58.5. The van der Waals surface area contributed by atoms with E-state index in [-0.39, 0.29) is 20.6 Å². The van der Waals surface area contributed by atoms with Crippen molar-refractivity contribution in [3.63, 3.8) is 0 Å². The second-order valence-electron chi connectivity index (χ2n) is 17.6. The Labute approximate surface area is 437 Å². The minimum atomic E-state index is -3.83. The highest BCUT2D eigenvalue weighted by molar-refractivity contribution is 14.1. The number of sulfonamides is 2. The van der Waals surface area contributed by atoms with Gasteiger partial charge in [-0.25, -0.2) is 41.5 Å². The second-order valence-corrected chi connectivity index (χ2v) is 23.0. The molecule has 9 aromatic rings. The zero-order chi connectivity index (χ0) is 51.6. The lowest BCUT2D eigenvalue weighted by Crippen LogP contribution is -2.16. The SMILES string of the molecule is CC(C)(C)c1ccc(S(=O)(=O)Nc2ccc(Cl)cc2-n2nnc3ncccc32)cc1.CC(C)(C)c1ccc(S(=O)(=O)Nc2ccc(Cl)cc2I)cc1.CNc1cccnc1NC.c1cnc2nc[nH]c2c1. The van der Waals surface area contributed by atoms with Gasteiger partial charge in [-0.15, -0.1) is 5.10 Å². The van der Waals surface area contributed by atoms with Crippen molar-refractivity contribution < 1.29 is 16.8 Å². The van der Waals surface area contributed by atoms with E-state index in [1.54, 1.807) is 97.7 Å². The minimum Gasteiger partial charge on any atom is -0.385 e. The van der Waals surface area contributed by atoms with Gasteiger partial charge in [-0.3, -0.25) is 9.44 Å². The molecule has 0 amide bonds. The van der Waals surface area contributed by atoms with E-state index in [0.29, 0.717) is 38.3 Å². The molecular formula is C50H53Cl2IN12O4S2. The molecule has 0 saturated heterocycles. The highest BCUT2D eigenvalue weighted by Crippen LogP contribution is 2.31. The van der Waals surface area contributed by atoms with Crippen LogP contribution >= 0.6 is 45.8 Å². The van der Waals surface area contributed by atoms with Gasteiger partial charge in [0.1, 0.15) is 11.3 Å². The maximum absolute atomic E-state index is 13.0. The molecule has 370 valence electrons. The lowest BCUT2D eigenvalue weighted by atomic mass is 9.87. The van der Waals surface area contributed by atoms with Crippen LogP contribution in [0.25, 0.3) is 28.0 Å². The summed E-state index contributed by atoms with van der Waals surface area (Å²) in [7, 11) is -3.71. The van der Waals surface area contributed by atoms with Gasteiger partial charge in [0, 0.05) is 46.3 Å². The van der Waals surface area contributed by atoms with Gasteiger partial charge in [-0.05, 0) is 142 Å². The number of hydrogen-bond acceptors (Lipinski definition) is 12. The molecule has 0 unspecified atom stereocenters. The fraction of sp³-hybridized carbons (Fsp3) is 0.200. The Morgan fingerprint density at radius 2 is 1.10 bits per heavy atom. The lowest BCUT2D eigenvalue weighted by Gasteiger charge is -2.19. The largest absolute Gasteiger partial charge is 0.385 e. The van der Waals surface area contributed by atoms with Crippen molar-refractivity contribution in [2.75, 3.05) is 34.2 Å². The normalized spacial score (nSPS) is 11.5. The maximum Gasteiger partial charge on any atom is 0.261 e. The Morgan fingerprint density at radius 3 is 1.63 bits per heavy atom. The number of aromatic nitrogens is 8. The molecule has 0 bridgehead atoms. The topological polar surface area (TPSA) is 214 Å². The molecular weight excluding hydrogens is 1090 g/mol. The number of rotatable bonds is 9. The van der Waals surface area contributed by atoms with E-state index in [2.05, 4.69) is 96.9 Å². The number of imidazole rings is 1. The quantitative estimate of drug-likeness (QED) is 0.0854. The summed E-state index contributed by atoms with van der Waals surface area (Å²) >= 11 is 14.1. The van der Waals surface area contributed by atoms with E-state index in [0.717, 1.165) is 37.4 Å². The molecule has 21 heteroatoms. The molecule has 9 rings (SSSR count). The number of H-pyrrole nitrogens is 1. The highest BCUT2D eigenvalue weighted by Gasteiger charge is 2.22. The fourth-order valence-electron chi connectivity index (χ4n) is 6.54. The Morgan fingerprint density at radius 1 is 0.577 bits per heavy atom. The molecule has 5 aromatic heterocycles. The summed E-state index contributed by atoms with van der Waals surface area (Å²) in [6.45, 7) is 12.5. The first-order chi connectivity index (χ1) is 33.6. The maximum atomic E-state index is 13.0. The fourth-order valence-corrected chi connectivity index (χ4v) is 10.0. The van der Waals surface area contributed by atoms with Crippen molar-refractivity contribution in [3.8, 4) is 5.69 Å². The number of fused-ring (bicyclic) bond motifs is 2. The average molecular weight is 1150 g/mol. The lowest BCUT2D eigenvalue weighted by molar-refractivity contribution is 0.587. The van der Waals surface area contributed by atoms with Crippen LogP contribution in [0.1, 0.15) is 52.7 Å². The third-order valence-corrected chi connectivity index (χ3v) is 14.5. The van der Waals surface area contributed by atoms with Crippen molar-refractivity contribution in [1.29, 1.82) is 0 Å². The second kappa shape index (κ2) is 23.2. The van der Waals surface area contributed by atoms with Crippen LogP contribution in [0.2, 0.25) is 10.0 Å². The van der Waals surface area contributed by atoms with Crippen molar-refractivity contribution in [2.24, 2.45) is 0 Å². The number of hydrogen-bond donors (Lipinski definition) is 5. The molecule has 5 heterocycles. The van der Waals surface area contributed by atoms with Crippen LogP contribution in [0.15, 0.2) is 156 Å². The van der Waals surface area contributed by atoms with Crippen LogP contribution in [0, 0.1) is 3.57 Å². The molecule has 0 saturated carbocycles. The van der Waals surface area contributed by atoms with E-state index in [1.807, 2.05) is 85.2 Å². The van der Waals surface area contributed by atoms with E-state index in [1.165, 1.54) is 4.68 Å². The molecule has 5 N–H and O–H groups in total. The first-order valence-electron chi connectivity index (χ1n) is 21.8. The summed E-state index contributed by atoms with van der Waals surface area (Å²) in [6, 6.07) is 34.9. The van der Waals surface area contributed by atoms with Crippen LogP contribution in [0.5, 0.6) is 0 Å². The van der Waals surface area contributed by atoms with Gasteiger partial charge in [-0.1, -0.05) is 94.2 Å². The monoisotopic (exact) mass is 1150 g/mol. The predicted octanol–water partition coefficient (Wildman–Crippen LogP) is 11.7. The van der Waals surface area contributed by atoms with Gasteiger partial charge >= 0.3 is 0 Å². The smallest absolute Gasteiger partial charge is 0.261 e. The predicted molar refractivity (Wildman–Crippen MR) is 295 cm³/mol. The number of nitrogens with zero attached hydrogens (tertiary/aromatic N) is 7. The van der Waals surface area contributed by atoms with Crippen LogP contribution in [-0.4, -0.2) is 70.8 Å². The standard InChI is InChI=1S/C21H20ClN5O2S.C16H17ClINO2S.C7H11N3.C6H5N3/c1-21(2,3)14-6-9-16(10-7-14)30(28,29)25-17-11-8-15(22)13-19(17)27-18-5-4-12-23-20(18)24-26-27;1-16(2,3)11-4-7-13(8-5-11)22(20,21)19-15-9-6-12(17)10-14(15)18;1-8-6-4-3-5-10-7(6)9-2;1-2-5-6(7-3-1)9-4-8-5/h4-13,25H,1-3H3;4-10,19H,1-3H3;3-5,8H,1-2H3,(H,9,10);1-4H,(H,7,8,9). The molecule has 4 aromatic carbocycles. The van der Waals surface area contributed by atoms with Crippen molar-refractivity contribution in [1.82, 2.24) is 39.9 Å². The number of nitrogens with one attached hydrogen (secondary N) is 5. The van der Waals surface area contributed by atoms with Gasteiger partial charge in [-0.2, -0.15) is 0 Å². The third-order valence-electron chi connectivity index (χ3n) is 10.4. The third kappa shape index (κ3) is 14.4. The molecule has 0 radical (unpaired) electrons. The highest BCUT2D eigenvalue weighted by atomic mass is 127. The first-order valence-corrected chi connectivity index (χ1v) is 26.6. The molecule has 0 aliphatic rings. The summed E-state index contributed by atoms with van der Waals surface area (Å²) in [5.74, 6) is 0.880. The van der Waals surface area contributed by atoms with Crippen LogP contribution in [-0.2, 0) is 30.9 Å². The number of pyridine rings is 3. The van der Waals surface area contributed by atoms with Gasteiger partial charge < -0.3 is 15.6 Å². The summed E-state index contributed by atoms with van der Waals surface area (Å²) in [4.78, 5) is 19.6. The first kappa shape index (κ1) is 54.0. The van der Waals surface area contributed by atoms with Crippen LogP contribution < -0.4 is 20.1 Å². The Hall–Kier alpha value is -6.39. The van der Waals surface area contributed by atoms with E-state index in [9.17, 15) is 16.8 Å². The van der Waals surface area contributed by atoms with Crippen LogP contribution in [0.4, 0.5) is 22.9 Å². The summed E-state index contributed by atoms with van der Waals surface area (Å²) in [6.07, 6.45) is 6.73. The zero-order valence-corrected chi connectivity index (χ0v) is 45.4. The van der Waals surface area contributed by atoms with Crippen molar-refractivity contribution >= 4 is 111 Å². The van der Waals surface area contributed by atoms with E-state index < -0.39 is 20.0 Å². The molecule has 0 aliphatic carbocycles. The van der Waals surface area contributed by atoms with Crippen LogP contribution in [0.3, 0.4) is 0 Å². The van der Waals surface area contributed by atoms with Crippen molar-refractivity contribution in [3.05, 3.63) is 171 Å². The summed E-state index contributed by atoms with van der Waals surface area (Å²) in [5, 5.41) is 15.2. The van der Waals surface area contributed by atoms with Crippen molar-refractivity contribution in [2.45, 2.75) is 62.2 Å². The number of aromatic amines is 1. The molecule has 16 nitrogen and oxygen atoms in total. The minimum absolute atomic E-state index is 0.0126. The van der Waals surface area contributed by atoms with E-state index in [4.69, 9.17) is 23.2 Å².